The Kier molecular flexibility index (Phi) is 3.35. The summed E-state index contributed by atoms with van der Waals surface area (Å²) >= 11 is 5.99. The predicted octanol–water partition coefficient (Wildman–Crippen LogP) is 3.28. The van der Waals surface area contributed by atoms with Crippen LogP contribution in [0, 0.1) is 0 Å². The minimum atomic E-state index is 0.388. The summed E-state index contributed by atoms with van der Waals surface area (Å²) in [4.78, 5) is 4.33. The number of imidazole rings is 1. The zero-order valence-electron chi connectivity index (χ0n) is 11.6. The number of nitrogens with zero attached hydrogens (tertiary/aromatic N) is 2. The molecule has 1 heterocycles. The average Bonchev–Trinajstić information content (AvgIpc) is 2.81. The molecule has 0 amide bonds. The fraction of sp³-hybridized carbons (Fsp3) is 0.133. The van der Waals surface area contributed by atoms with Gasteiger partial charge in [0.25, 0.3) is 0 Å². The highest BCUT2D eigenvalue weighted by molar-refractivity contribution is 6.31. The standard InChI is InChI=1S/C15H14ClN3O2/c1-20-13-6-4-10(8-14(13)21-2)19-12-5-3-9(16)7-11(12)18-15(19)17/h3-8H,1-2H3,(H2,17,18). The van der Waals surface area contributed by atoms with Gasteiger partial charge in [-0.05, 0) is 30.3 Å². The van der Waals surface area contributed by atoms with Crippen LogP contribution in [-0.2, 0) is 0 Å². The smallest absolute Gasteiger partial charge is 0.205 e. The van der Waals surface area contributed by atoms with Crippen LogP contribution >= 0.6 is 11.6 Å². The number of fused-ring (bicyclic) bond motifs is 1. The molecule has 0 fully saturated rings. The van der Waals surface area contributed by atoms with Gasteiger partial charge in [-0.2, -0.15) is 0 Å². The lowest BCUT2D eigenvalue weighted by Crippen LogP contribution is -2.01. The van der Waals surface area contributed by atoms with E-state index in [0.29, 0.717) is 22.5 Å². The zero-order chi connectivity index (χ0) is 15.0. The number of benzene rings is 2. The normalized spacial score (nSPS) is 10.8. The zero-order valence-corrected chi connectivity index (χ0v) is 12.4. The van der Waals surface area contributed by atoms with Crippen LogP contribution in [0.5, 0.6) is 11.5 Å². The van der Waals surface area contributed by atoms with Gasteiger partial charge in [0.2, 0.25) is 5.95 Å². The lowest BCUT2D eigenvalue weighted by Gasteiger charge is -2.11. The van der Waals surface area contributed by atoms with Crippen LogP contribution in [0.15, 0.2) is 36.4 Å². The maximum atomic E-state index is 6.03. The molecule has 0 saturated heterocycles. The molecule has 0 radical (unpaired) electrons. The molecule has 6 heteroatoms. The van der Waals surface area contributed by atoms with E-state index in [9.17, 15) is 0 Å². The average molecular weight is 304 g/mol. The molecule has 0 saturated carbocycles. The number of hydrogen-bond acceptors (Lipinski definition) is 4. The van der Waals surface area contributed by atoms with Gasteiger partial charge in [0, 0.05) is 11.1 Å². The molecule has 3 rings (SSSR count). The first kappa shape index (κ1) is 13.6. The molecular formula is C15H14ClN3O2. The third kappa shape index (κ3) is 2.25. The Morgan fingerprint density at radius 2 is 1.81 bits per heavy atom. The largest absolute Gasteiger partial charge is 0.493 e. The van der Waals surface area contributed by atoms with E-state index in [-0.39, 0.29) is 0 Å². The number of rotatable bonds is 3. The number of ether oxygens (including phenoxy) is 2. The molecule has 1 aromatic heterocycles. The van der Waals surface area contributed by atoms with Gasteiger partial charge in [-0.1, -0.05) is 11.6 Å². The van der Waals surface area contributed by atoms with E-state index in [1.54, 1.807) is 20.3 Å². The van der Waals surface area contributed by atoms with E-state index in [0.717, 1.165) is 16.7 Å². The van der Waals surface area contributed by atoms with Crippen molar-refractivity contribution in [2.75, 3.05) is 20.0 Å². The Labute approximate surface area is 126 Å². The summed E-state index contributed by atoms with van der Waals surface area (Å²) in [5.74, 6) is 1.68. The fourth-order valence-corrected chi connectivity index (χ4v) is 2.47. The minimum absolute atomic E-state index is 0.388. The molecule has 0 aliphatic heterocycles. The SMILES string of the molecule is COc1ccc(-n2c(N)nc3cc(Cl)ccc32)cc1OC. The van der Waals surface area contributed by atoms with Crippen molar-refractivity contribution in [3.05, 3.63) is 41.4 Å². The van der Waals surface area contributed by atoms with Crippen molar-refractivity contribution in [1.82, 2.24) is 9.55 Å². The lowest BCUT2D eigenvalue weighted by atomic mass is 10.2. The third-order valence-corrected chi connectivity index (χ3v) is 3.50. The molecule has 0 aliphatic rings. The summed E-state index contributed by atoms with van der Waals surface area (Å²) in [6.45, 7) is 0. The van der Waals surface area contributed by atoms with E-state index in [4.69, 9.17) is 26.8 Å². The first-order valence-corrected chi connectivity index (χ1v) is 6.67. The molecule has 0 aliphatic carbocycles. The number of nitrogen functional groups attached to an aromatic ring is 1. The molecule has 21 heavy (non-hydrogen) atoms. The van der Waals surface area contributed by atoms with E-state index in [1.807, 2.05) is 34.9 Å². The number of halogens is 1. The highest BCUT2D eigenvalue weighted by Gasteiger charge is 2.13. The molecule has 0 bridgehead atoms. The van der Waals surface area contributed by atoms with Crippen LogP contribution in [0.2, 0.25) is 5.02 Å². The second-order valence-corrected chi connectivity index (χ2v) is 4.91. The van der Waals surface area contributed by atoms with Crippen molar-refractivity contribution in [3.63, 3.8) is 0 Å². The van der Waals surface area contributed by atoms with Crippen LogP contribution in [0.3, 0.4) is 0 Å². The Morgan fingerprint density at radius 3 is 2.52 bits per heavy atom. The molecule has 3 aromatic rings. The van der Waals surface area contributed by atoms with Gasteiger partial charge < -0.3 is 15.2 Å². The lowest BCUT2D eigenvalue weighted by molar-refractivity contribution is 0.355. The number of anilines is 1. The van der Waals surface area contributed by atoms with Crippen molar-refractivity contribution in [3.8, 4) is 17.2 Å². The molecule has 108 valence electrons. The number of nitrogens with two attached hydrogens (primary N) is 1. The van der Waals surface area contributed by atoms with Gasteiger partial charge in [-0.3, -0.25) is 4.57 Å². The monoisotopic (exact) mass is 303 g/mol. The molecule has 2 N–H and O–H groups in total. The summed E-state index contributed by atoms with van der Waals surface area (Å²) in [5, 5.41) is 0.625. The predicted molar refractivity (Wildman–Crippen MR) is 83.6 cm³/mol. The van der Waals surface area contributed by atoms with Crippen molar-refractivity contribution in [2.24, 2.45) is 0 Å². The van der Waals surface area contributed by atoms with Crippen LogP contribution in [0.1, 0.15) is 0 Å². The minimum Gasteiger partial charge on any atom is -0.493 e. The molecule has 2 aromatic carbocycles. The first-order valence-electron chi connectivity index (χ1n) is 6.30. The second kappa shape index (κ2) is 5.18. The van der Waals surface area contributed by atoms with Crippen LogP contribution < -0.4 is 15.2 Å². The molecule has 0 unspecified atom stereocenters. The topological polar surface area (TPSA) is 62.3 Å². The Hall–Kier alpha value is -2.40. The van der Waals surface area contributed by atoms with Gasteiger partial charge >= 0.3 is 0 Å². The second-order valence-electron chi connectivity index (χ2n) is 4.48. The molecular weight excluding hydrogens is 290 g/mol. The summed E-state index contributed by atoms with van der Waals surface area (Å²) in [6.07, 6.45) is 0. The van der Waals surface area contributed by atoms with Gasteiger partial charge in [0.05, 0.1) is 30.9 Å². The highest BCUT2D eigenvalue weighted by atomic mass is 35.5. The van der Waals surface area contributed by atoms with Gasteiger partial charge in [-0.15, -0.1) is 0 Å². The number of hydrogen-bond donors (Lipinski definition) is 1. The summed E-state index contributed by atoms with van der Waals surface area (Å²) in [7, 11) is 3.19. The molecule has 0 spiro atoms. The number of aromatic nitrogens is 2. The van der Waals surface area contributed by atoms with E-state index in [2.05, 4.69) is 4.98 Å². The van der Waals surface area contributed by atoms with Gasteiger partial charge in [0.1, 0.15) is 0 Å². The van der Waals surface area contributed by atoms with Crippen molar-refractivity contribution in [2.45, 2.75) is 0 Å². The van der Waals surface area contributed by atoms with E-state index >= 15 is 0 Å². The van der Waals surface area contributed by atoms with E-state index < -0.39 is 0 Å². The van der Waals surface area contributed by atoms with Crippen LogP contribution in [0.25, 0.3) is 16.7 Å². The molecule has 0 atom stereocenters. The number of methoxy groups -OCH3 is 2. The van der Waals surface area contributed by atoms with E-state index in [1.165, 1.54) is 0 Å². The summed E-state index contributed by atoms with van der Waals surface area (Å²) in [5.41, 5.74) is 8.50. The van der Waals surface area contributed by atoms with Gasteiger partial charge in [0.15, 0.2) is 11.5 Å². The quantitative estimate of drug-likeness (QED) is 0.806. The van der Waals surface area contributed by atoms with Crippen LogP contribution in [-0.4, -0.2) is 23.8 Å². The third-order valence-electron chi connectivity index (χ3n) is 3.27. The fourth-order valence-electron chi connectivity index (χ4n) is 2.31. The maximum Gasteiger partial charge on any atom is 0.205 e. The maximum absolute atomic E-state index is 6.03. The highest BCUT2D eigenvalue weighted by Crippen LogP contribution is 2.32. The van der Waals surface area contributed by atoms with Crippen molar-refractivity contribution in [1.29, 1.82) is 0 Å². The Morgan fingerprint density at radius 1 is 1.05 bits per heavy atom. The van der Waals surface area contributed by atoms with Gasteiger partial charge in [-0.25, -0.2) is 4.98 Å². The Bertz CT molecular complexity index is 814. The summed E-state index contributed by atoms with van der Waals surface area (Å²) in [6, 6.07) is 11.1. The summed E-state index contributed by atoms with van der Waals surface area (Å²) < 4.78 is 12.4. The first-order chi connectivity index (χ1) is 10.1. The van der Waals surface area contributed by atoms with Crippen LogP contribution in [0.4, 0.5) is 5.95 Å². The van der Waals surface area contributed by atoms with Crippen molar-refractivity contribution < 1.29 is 9.47 Å². The Balaban J connectivity index is 2.22. The van der Waals surface area contributed by atoms with Crippen molar-refractivity contribution >= 4 is 28.6 Å². The molecule has 5 nitrogen and oxygen atoms in total.